The minimum absolute atomic E-state index is 0.0389. The molecular weight excluding hydrogens is 496 g/mol. The summed E-state index contributed by atoms with van der Waals surface area (Å²) in [5.41, 5.74) is 0.574. The Balaban J connectivity index is 1.66. The van der Waals surface area contributed by atoms with E-state index in [0.29, 0.717) is 21.1 Å². The molecule has 2 heterocycles. The molecule has 176 valence electrons. The number of carbonyl (C=O) groups is 1. The fraction of sp³-hybridized carbons (Fsp3) is 0. The van der Waals surface area contributed by atoms with Gasteiger partial charge in [-0.15, -0.1) is 0 Å². The van der Waals surface area contributed by atoms with Crippen molar-refractivity contribution in [2.45, 2.75) is 4.90 Å². The summed E-state index contributed by atoms with van der Waals surface area (Å²) >= 11 is 0.847. The molecule has 1 amide bonds. The Hall–Kier alpha value is -4.34. The maximum Gasteiger partial charge on any atom is 0.396 e. The quantitative estimate of drug-likeness (QED) is 0.305. The van der Waals surface area contributed by atoms with E-state index in [1.165, 1.54) is 30.6 Å². The first kappa shape index (κ1) is 22.1. The number of aromatic nitrogens is 1. The number of rotatable bonds is 4. The molecule has 0 saturated heterocycles. The molecule has 2 aromatic heterocycles. The van der Waals surface area contributed by atoms with E-state index in [-0.39, 0.29) is 16.1 Å². The molecular formula is C27H16N2O5S2. The standard InChI is InChI=1S/C27H16N2O5S2/c30-26(19-8-5-13-28-16-19)29(36(32,33)20-12-11-17-6-1-2-7-18(17)14-20)23-15-24-25(34-27(31)35-24)22-10-4-3-9-21(22)23/h1-16H. The normalized spacial score (nSPS) is 11.8. The minimum atomic E-state index is -4.39. The van der Waals surface area contributed by atoms with Gasteiger partial charge in [-0.2, -0.15) is 4.31 Å². The lowest BCUT2D eigenvalue weighted by Gasteiger charge is -2.24. The van der Waals surface area contributed by atoms with Crippen LogP contribution in [-0.2, 0) is 10.0 Å². The van der Waals surface area contributed by atoms with Crippen molar-refractivity contribution in [1.82, 2.24) is 4.98 Å². The van der Waals surface area contributed by atoms with Crippen LogP contribution in [0.15, 0.2) is 111 Å². The predicted molar refractivity (Wildman–Crippen MR) is 140 cm³/mol. The third-order valence-electron chi connectivity index (χ3n) is 5.89. The highest BCUT2D eigenvalue weighted by molar-refractivity contribution is 7.93. The number of nitrogens with zero attached hydrogens (tertiary/aromatic N) is 2. The Kier molecular flexibility index (Phi) is 5.17. The number of benzene rings is 4. The zero-order chi connectivity index (χ0) is 24.9. The molecule has 0 aliphatic rings. The molecule has 0 fully saturated rings. The van der Waals surface area contributed by atoms with Crippen molar-refractivity contribution in [3.8, 4) is 0 Å². The Morgan fingerprint density at radius 1 is 0.861 bits per heavy atom. The number of sulfonamides is 1. The summed E-state index contributed by atoms with van der Waals surface area (Å²) in [6, 6.07) is 23.6. The zero-order valence-electron chi connectivity index (χ0n) is 18.5. The topological polar surface area (TPSA) is 97.6 Å². The maximum atomic E-state index is 14.2. The van der Waals surface area contributed by atoms with Crippen LogP contribution in [0.25, 0.3) is 31.8 Å². The average molecular weight is 513 g/mol. The minimum Gasteiger partial charge on any atom is -0.413 e. The number of fused-ring (bicyclic) bond motifs is 4. The van der Waals surface area contributed by atoms with Crippen molar-refractivity contribution in [3.63, 3.8) is 0 Å². The molecule has 0 aliphatic heterocycles. The molecule has 0 radical (unpaired) electrons. The van der Waals surface area contributed by atoms with Crippen LogP contribution in [0.1, 0.15) is 10.4 Å². The molecule has 0 bridgehead atoms. The van der Waals surface area contributed by atoms with Crippen molar-refractivity contribution >= 4 is 64.8 Å². The molecule has 7 nitrogen and oxygen atoms in total. The second kappa shape index (κ2) is 8.40. The fourth-order valence-electron chi connectivity index (χ4n) is 4.24. The van der Waals surface area contributed by atoms with E-state index in [1.807, 2.05) is 24.3 Å². The van der Waals surface area contributed by atoms with Crippen LogP contribution in [0.2, 0.25) is 0 Å². The Morgan fingerprint density at radius 3 is 2.39 bits per heavy atom. The Labute approximate surface area is 208 Å². The molecule has 6 rings (SSSR count). The molecule has 0 unspecified atom stereocenters. The van der Waals surface area contributed by atoms with Crippen molar-refractivity contribution in [3.05, 3.63) is 113 Å². The maximum absolute atomic E-state index is 14.2. The van der Waals surface area contributed by atoms with Crippen LogP contribution in [0, 0.1) is 0 Å². The number of pyridine rings is 1. The first-order valence-corrected chi connectivity index (χ1v) is 13.1. The van der Waals surface area contributed by atoms with Gasteiger partial charge < -0.3 is 4.42 Å². The predicted octanol–water partition coefficient (Wildman–Crippen LogP) is 5.59. The third kappa shape index (κ3) is 3.57. The summed E-state index contributed by atoms with van der Waals surface area (Å²) in [6.45, 7) is 0. The van der Waals surface area contributed by atoms with Crippen molar-refractivity contribution < 1.29 is 17.6 Å². The van der Waals surface area contributed by atoms with Crippen LogP contribution in [-0.4, -0.2) is 19.3 Å². The van der Waals surface area contributed by atoms with E-state index in [2.05, 4.69) is 4.98 Å². The number of anilines is 1. The van der Waals surface area contributed by atoms with E-state index in [0.717, 1.165) is 26.4 Å². The number of amides is 1. The highest BCUT2D eigenvalue weighted by Crippen LogP contribution is 2.38. The summed E-state index contributed by atoms with van der Waals surface area (Å²) in [5, 5.41) is 2.58. The molecule has 0 N–H and O–H groups in total. The van der Waals surface area contributed by atoms with Crippen molar-refractivity contribution in [2.75, 3.05) is 4.31 Å². The van der Waals surface area contributed by atoms with Gasteiger partial charge in [0.1, 0.15) is 0 Å². The van der Waals surface area contributed by atoms with Crippen LogP contribution in [0.4, 0.5) is 5.69 Å². The number of carbonyl (C=O) groups excluding carboxylic acids is 1. The number of hydrogen-bond acceptors (Lipinski definition) is 7. The first-order valence-electron chi connectivity index (χ1n) is 10.9. The Bertz CT molecular complexity index is 1960. The Morgan fingerprint density at radius 2 is 1.61 bits per heavy atom. The van der Waals surface area contributed by atoms with Gasteiger partial charge in [0.05, 0.1) is 20.8 Å². The largest absolute Gasteiger partial charge is 0.413 e. The lowest BCUT2D eigenvalue weighted by atomic mass is 10.1. The van der Waals surface area contributed by atoms with E-state index >= 15 is 0 Å². The number of hydrogen-bond donors (Lipinski definition) is 0. The highest BCUT2D eigenvalue weighted by atomic mass is 32.2. The van der Waals surface area contributed by atoms with E-state index in [9.17, 15) is 18.0 Å². The van der Waals surface area contributed by atoms with Gasteiger partial charge in [-0.25, -0.2) is 13.2 Å². The summed E-state index contributed by atoms with van der Waals surface area (Å²) < 4.78 is 35.0. The van der Waals surface area contributed by atoms with Gasteiger partial charge in [0.2, 0.25) is 0 Å². The van der Waals surface area contributed by atoms with E-state index in [4.69, 9.17) is 4.42 Å². The van der Waals surface area contributed by atoms with Gasteiger partial charge in [-0.05, 0) is 41.1 Å². The third-order valence-corrected chi connectivity index (χ3v) is 8.35. The molecule has 4 aromatic carbocycles. The molecule has 9 heteroatoms. The van der Waals surface area contributed by atoms with Crippen LogP contribution in [0.3, 0.4) is 0 Å². The summed E-state index contributed by atoms with van der Waals surface area (Å²) in [4.78, 5) is 29.3. The molecule has 0 aliphatic carbocycles. The summed E-state index contributed by atoms with van der Waals surface area (Å²) in [6.07, 6.45) is 2.82. The highest BCUT2D eigenvalue weighted by Gasteiger charge is 2.34. The second-order valence-corrected chi connectivity index (χ2v) is 10.8. The van der Waals surface area contributed by atoms with Gasteiger partial charge in [0.15, 0.2) is 5.58 Å². The van der Waals surface area contributed by atoms with Crippen LogP contribution in [0.5, 0.6) is 0 Å². The molecule has 0 atom stereocenters. The van der Waals surface area contributed by atoms with E-state index < -0.39 is 20.9 Å². The molecule has 0 spiro atoms. The zero-order valence-corrected chi connectivity index (χ0v) is 20.1. The van der Waals surface area contributed by atoms with E-state index in [1.54, 1.807) is 42.5 Å². The SMILES string of the molecule is O=C(c1cccnc1)N(c1cc2sc(=O)oc2c2ccccc12)S(=O)(=O)c1ccc2ccccc2c1. The van der Waals surface area contributed by atoms with Gasteiger partial charge in [0, 0.05) is 23.2 Å². The summed E-state index contributed by atoms with van der Waals surface area (Å²) in [7, 11) is -4.39. The molecule has 6 aromatic rings. The first-order chi connectivity index (χ1) is 17.4. The van der Waals surface area contributed by atoms with Crippen LogP contribution >= 0.6 is 11.3 Å². The summed E-state index contributed by atoms with van der Waals surface area (Å²) in [5.74, 6) is -0.767. The lowest BCUT2D eigenvalue weighted by Crippen LogP contribution is -2.37. The molecule has 36 heavy (non-hydrogen) atoms. The fourth-order valence-corrected chi connectivity index (χ4v) is 6.42. The average Bonchev–Trinajstić information content (AvgIpc) is 3.29. The molecule has 0 saturated carbocycles. The van der Waals surface area contributed by atoms with Crippen molar-refractivity contribution in [1.29, 1.82) is 0 Å². The van der Waals surface area contributed by atoms with Crippen LogP contribution < -0.4 is 9.24 Å². The lowest BCUT2D eigenvalue weighted by molar-refractivity contribution is 0.100. The monoisotopic (exact) mass is 512 g/mol. The van der Waals surface area contributed by atoms with Gasteiger partial charge in [-0.1, -0.05) is 65.9 Å². The van der Waals surface area contributed by atoms with Crippen molar-refractivity contribution in [2.24, 2.45) is 0 Å². The van der Waals surface area contributed by atoms with Gasteiger partial charge >= 0.3 is 4.94 Å². The smallest absolute Gasteiger partial charge is 0.396 e. The van der Waals surface area contributed by atoms with Gasteiger partial charge in [0.25, 0.3) is 15.9 Å². The second-order valence-electron chi connectivity index (χ2n) is 8.05. The van der Waals surface area contributed by atoms with Gasteiger partial charge in [-0.3, -0.25) is 9.78 Å².